The molecule has 3 heteroatoms. The lowest BCUT2D eigenvalue weighted by Gasteiger charge is -2.22. The number of aryl methyl sites for hydroxylation is 1. The average Bonchev–Trinajstić information content (AvgIpc) is 2.36. The van der Waals surface area contributed by atoms with Crippen LogP contribution in [-0.2, 0) is 12.8 Å². The maximum atomic E-state index is 8.97. The zero-order chi connectivity index (χ0) is 11.5. The highest BCUT2D eigenvalue weighted by Gasteiger charge is 2.22. The summed E-state index contributed by atoms with van der Waals surface area (Å²) in [5.74, 6) is 1.79. The predicted octanol–water partition coefficient (Wildman–Crippen LogP) is 2.33. The van der Waals surface area contributed by atoms with Crippen molar-refractivity contribution in [1.82, 2.24) is 0 Å². The summed E-state index contributed by atoms with van der Waals surface area (Å²) >= 11 is 0. The molecule has 1 aromatic carbocycles. The molecule has 0 aromatic heterocycles. The lowest BCUT2D eigenvalue weighted by atomic mass is 9.84. The van der Waals surface area contributed by atoms with Crippen molar-refractivity contribution in [1.29, 1.82) is 5.26 Å². The lowest BCUT2D eigenvalue weighted by Crippen LogP contribution is -2.14. The molecule has 0 aliphatic heterocycles. The van der Waals surface area contributed by atoms with Crippen molar-refractivity contribution >= 4 is 0 Å². The summed E-state index contributed by atoms with van der Waals surface area (Å²) in [4.78, 5) is 0. The van der Waals surface area contributed by atoms with E-state index < -0.39 is 0 Å². The van der Waals surface area contributed by atoms with Crippen molar-refractivity contribution in [3.05, 3.63) is 23.3 Å². The minimum atomic E-state index is 0.120. The molecule has 84 valence electrons. The molecule has 1 atom stereocenters. The minimum Gasteiger partial charge on any atom is -0.497 e. The molecule has 0 spiro atoms. The van der Waals surface area contributed by atoms with Gasteiger partial charge in [0.2, 0.25) is 0 Å². The van der Waals surface area contributed by atoms with Crippen LogP contribution in [0.4, 0.5) is 0 Å². The molecule has 0 radical (unpaired) electrons. The Morgan fingerprint density at radius 1 is 1.31 bits per heavy atom. The quantitative estimate of drug-likeness (QED) is 0.763. The molecule has 0 amide bonds. The third-order valence-electron chi connectivity index (χ3n) is 3.13. The molecule has 1 unspecified atom stereocenters. The number of benzene rings is 1. The monoisotopic (exact) mass is 217 g/mol. The van der Waals surface area contributed by atoms with Gasteiger partial charge >= 0.3 is 0 Å². The van der Waals surface area contributed by atoms with Gasteiger partial charge in [-0.15, -0.1) is 0 Å². The molecular weight excluding hydrogens is 202 g/mol. The Hall–Kier alpha value is -1.69. The van der Waals surface area contributed by atoms with E-state index in [2.05, 4.69) is 6.07 Å². The van der Waals surface area contributed by atoms with Crippen LogP contribution in [0.15, 0.2) is 12.1 Å². The fourth-order valence-electron chi connectivity index (χ4n) is 2.22. The van der Waals surface area contributed by atoms with Crippen molar-refractivity contribution in [2.45, 2.75) is 19.3 Å². The van der Waals surface area contributed by atoms with E-state index in [1.54, 1.807) is 14.2 Å². The first-order chi connectivity index (χ1) is 7.78. The number of nitriles is 1. The highest BCUT2D eigenvalue weighted by molar-refractivity contribution is 5.48. The normalized spacial score (nSPS) is 18.4. The molecule has 0 fully saturated rings. The molecule has 1 aromatic rings. The second-order valence-electron chi connectivity index (χ2n) is 4.04. The Kier molecular flexibility index (Phi) is 3.00. The van der Waals surface area contributed by atoms with Gasteiger partial charge in [-0.1, -0.05) is 0 Å². The minimum absolute atomic E-state index is 0.120. The van der Waals surface area contributed by atoms with Crippen LogP contribution in [0.3, 0.4) is 0 Å². The van der Waals surface area contributed by atoms with Crippen LogP contribution in [0.1, 0.15) is 17.5 Å². The predicted molar refractivity (Wildman–Crippen MR) is 60.7 cm³/mol. The zero-order valence-corrected chi connectivity index (χ0v) is 9.62. The summed E-state index contributed by atoms with van der Waals surface area (Å²) in [6.45, 7) is 0. The smallest absolute Gasteiger partial charge is 0.126 e. The second-order valence-corrected chi connectivity index (χ2v) is 4.04. The van der Waals surface area contributed by atoms with Crippen molar-refractivity contribution < 1.29 is 9.47 Å². The molecule has 2 rings (SSSR count). The third-order valence-corrected chi connectivity index (χ3v) is 3.13. The first-order valence-corrected chi connectivity index (χ1v) is 5.42. The number of methoxy groups -OCH3 is 2. The van der Waals surface area contributed by atoms with Gasteiger partial charge in [0.15, 0.2) is 0 Å². The fourth-order valence-corrected chi connectivity index (χ4v) is 2.22. The lowest BCUT2D eigenvalue weighted by molar-refractivity contribution is 0.384. The van der Waals surface area contributed by atoms with Gasteiger partial charge in [0, 0.05) is 6.07 Å². The molecule has 1 aliphatic rings. The summed E-state index contributed by atoms with van der Waals surface area (Å²) in [7, 11) is 3.31. The topological polar surface area (TPSA) is 42.2 Å². The number of ether oxygens (including phenoxy) is 2. The molecule has 0 bridgehead atoms. The van der Waals surface area contributed by atoms with E-state index >= 15 is 0 Å². The van der Waals surface area contributed by atoms with Crippen LogP contribution in [0, 0.1) is 17.2 Å². The first-order valence-electron chi connectivity index (χ1n) is 5.42. The molecule has 3 nitrogen and oxygen atoms in total. The maximum absolute atomic E-state index is 8.97. The highest BCUT2D eigenvalue weighted by atomic mass is 16.5. The SMILES string of the molecule is COc1cc2c(c(OC)c1)CC(C#N)CC2. The Balaban J connectivity index is 2.43. The Morgan fingerprint density at radius 3 is 2.75 bits per heavy atom. The van der Waals surface area contributed by atoms with E-state index in [9.17, 15) is 0 Å². The maximum Gasteiger partial charge on any atom is 0.126 e. The third kappa shape index (κ3) is 1.83. The van der Waals surface area contributed by atoms with Gasteiger partial charge < -0.3 is 9.47 Å². The highest BCUT2D eigenvalue weighted by Crippen LogP contribution is 2.35. The van der Waals surface area contributed by atoms with Crippen molar-refractivity contribution in [3.63, 3.8) is 0 Å². The van der Waals surface area contributed by atoms with Crippen LogP contribution >= 0.6 is 0 Å². The number of fused-ring (bicyclic) bond motifs is 1. The summed E-state index contributed by atoms with van der Waals surface area (Å²) < 4.78 is 10.6. The van der Waals surface area contributed by atoms with Gasteiger partial charge in [0.05, 0.1) is 26.2 Å². The summed E-state index contributed by atoms with van der Waals surface area (Å²) in [6.07, 6.45) is 2.65. The number of rotatable bonds is 2. The molecule has 0 N–H and O–H groups in total. The molecule has 1 aliphatic carbocycles. The fraction of sp³-hybridized carbons (Fsp3) is 0.462. The van der Waals surface area contributed by atoms with E-state index in [-0.39, 0.29) is 5.92 Å². The Morgan fingerprint density at radius 2 is 2.12 bits per heavy atom. The van der Waals surface area contributed by atoms with Crippen LogP contribution in [0.5, 0.6) is 11.5 Å². The largest absolute Gasteiger partial charge is 0.497 e. The first kappa shape index (κ1) is 10.8. The van der Waals surface area contributed by atoms with Crippen LogP contribution in [0.2, 0.25) is 0 Å². The van der Waals surface area contributed by atoms with E-state index in [1.807, 2.05) is 12.1 Å². The van der Waals surface area contributed by atoms with Gasteiger partial charge in [-0.25, -0.2) is 0 Å². The van der Waals surface area contributed by atoms with Crippen LogP contribution in [0.25, 0.3) is 0 Å². The van der Waals surface area contributed by atoms with E-state index in [0.29, 0.717) is 0 Å². The molecule has 0 heterocycles. The van der Waals surface area contributed by atoms with Gasteiger partial charge in [-0.2, -0.15) is 5.26 Å². The molecule has 0 saturated carbocycles. The number of hydrogen-bond acceptors (Lipinski definition) is 3. The van der Waals surface area contributed by atoms with Crippen molar-refractivity contribution in [2.75, 3.05) is 14.2 Å². The standard InChI is InChI=1S/C13H15NO2/c1-15-11-6-10-4-3-9(8-14)5-12(10)13(7-11)16-2/h6-7,9H,3-5H2,1-2H3. The summed E-state index contributed by atoms with van der Waals surface area (Å²) in [6, 6.07) is 6.27. The Bertz CT molecular complexity index is 417. The van der Waals surface area contributed by atoms with E-state index in [4.69, 9.17) is 14.7 Å². The van der Waals surface area contributed by atoms with Crippen LogP contribution in [-0.4, -0.2) is 14.2 Å². The van der Waals surface area contributed by atoms with Gasteiger partial charge in [-0.3, -0.25) is 0 Å². The molecule has 0 saturated heterocycles. The average molecular weight is 217 g/mol. The van der Waals surface area contributed by atoms with Crippen molar-refractivity contribution in [2.24, 2.45) is 5.92 Å². The van der Waals surface area contributed by atoms with E-state index in [1.165, 1.54) is 11.1 Å². The van der Waals surface area contributed by atoms with Gasteiger partial charge in [0.25, 0.3) is 0 Å². The second kappa shape index (κ2) is 4.44. The summed E-state index contributed by atoms with van der Waals surface area (Å²) in [5, 5.41) is 8.97. The van der Waals surface area contributed by atoms with Crippen LogP contribution < -0.4 is 9.47 Å². The number of nitrogens with zero attached hydrogens (tertiary/aromatic N) is 1. The van der Waals surface area contributed by atoms with Crippen molar-refractivity contribution in [3.8, 4) is 17.6 Å². The van der Waals surface area contributed by atoms with Gasteiger partial charge in [-0.05, 0) is 36.5 Å². The molecule has 16 heavy (non-hydrogen) atoms. The Labute approximate surface area is 95.6 Å². The van der Waals surface area contributed by atoms with Gasteiger partial charge in [0.1, 0.15) is 11.5 Å². The number of hydrogen-bond donors (Lipinski definition) is 0. The molecular formula is C13H15NO2. The summed E-state index contributed by atoms with van der Waals surface area (Å²) in [5.41, 5.74) is 2.42. The zero-order valence-electron chi connectivity index (χ0n) is 9.62. The van der Waals surface area contributed by atoms with E-state index in [0.717, 1.165) is 30.8 Å².